The molecule has 0 heterocycles. The van der Waals surface area contributed by atoms with E-state index in [1.165, 1.54) is 0 Å². The van der Waals surface area contributed by atoms with Crippen molar-refractivity contribution in [3.05, 3.63) is 22.7 Å². The Hall–Kier alpha value is -0.700. The van der Waals surface area contributed by atoms with Gasteiger partial charge in [0.25, 0.3) is 0 Å². The highest BCUT2D eigenvalue weighted by Gasteiger charge is 2.13. The summed E-state index contributed by atoms with van der Waals surface area (Å²) in [4.78, 5) is 2.34. The minimum absolute atomic E-state index is 0.526. The number of nitrogens with zero attached hydrogens (tertiary/aromatic N) is 1. The molecule has 0 fully saturated rings. The van der Waals surface area contributed by atoms with Gasteiger partial charge in [0.15, 0.2) is 0 Å². The first-order valence-electron chi connectivity index (χ1n) is 5.41. The van der Waals surface area contributed by atoms with Crippen molar-refractivity contribution in [2.75, 3.05) is 17.2 Å². The van der Waals surface area contributed by atoms with Crippen molar-refractivity contribution in [1.29, 1.82) is 0 Å². The highest BCUT2D eigenvalue weighted by atomic mass is 79.9. The third-order valence-electron chi connectivity index (χ3n) is 2.76. The van der Waals surface area contributed by atoms with Gasteiger partial charge in [-0.25, -0.2) is 0 Å². The van der Waals surface area contributed by atoms with Crippen LogP contribution >= 0.6 is 15.9 Å². The molecule has 1 atom stereocenters. The van der Waals surface area contributed by atoms with Gasteiger partial charge < -0.3 is 10.6 Å². The number of anilines is 2. The minimum atomic E-state index is 0.526. The molecule has 0 aliphatic rings. The van der Waals surface area contributed by atoms with E-state index in [4.69, 9.17) is 5.73 Å². The molecule has 1 aromatic rings. The van der Waals surface area contributed by atoms with Crippen molar-refractivity contribution >= 4 is 27.3 Å². The van der Waals surface area contributed by atoms with Gasteiger partial charge in [-0.05, 0) is 38.5 Å². The number of rotatable bonds is 4. The molecule has 84 valence electrons. The number of nitrogens with two attached hydrogens (primary N) is 1. The summed E-state index contributed by atoms with van der Waals surface area (Å²) in [7, 11) is 0. The second-order valence-electron chi connectivity index (χ2n) is 3.75. The van der Waals surface area contributed by atoms with Crippen LogP contribution in [0.3, 0.4) is 0 Å². The Kier molecular flexibility index (Phi) is 4.45. The first-order chi connectivity index (χ1) is 7.10. The highest BCUT2D eigenvalue weighted by molar-refractivity contribution is 9.10. The van der Waals surface area contributed by atoms with Crippen molar-refractivity contribution in [3.63, 3.8) is 0 Å². The molecule has 0 amide bonds. The summed E-state index contributed by atoms with van der Waals surface area (Å²) in [5.74, 6) is 0. The largest absolute Gasteiger partial charge is 0.397 e. The molecule has 1 aromatic carbocycles. The third kappa shape index (κ3) is 2.88. The van der Waals surface area contributed by atoms with E-state index < -0.39 is 0 Å². The summed E-state index contributed by atoms with van der Waals surface area (Å²) >= 11 is 3.42. The Labute approximate surface area is 101 Å². The fourth-order valence-corrected chi connectivity index (χ4v) is 2.11. The Balaban J connectivity index is 3.01. The van der Waals surface area contributed by atoms with Crippen molar-refractivity contribution in [3.8, 4) is 0 Å². The first-order valence-corrected chi connectivity index (χ1v) is 6.21. The molecule has 1 unspecified atom stereocenters. The summed E-state index contributed by atoms with van der Waals surface area (Å²) in [6, 6.07) is 6.60. The second-order valence-corrected chi connectivity index (χ2v) is 4.66. The van der Waals surface area contributed by atoms with Crippen LogP contribution in [0.25, 0.3) is 0 Å². The van der Waals surface area contributed by atoms with Crippen LogP contribution in [-0.4, -0.2) is 12.6 Å². The van der Waals surface area contributed by atoms with E-state index in [0.29, 0.717) is 6.04 Å². The molecule has 1 rings (SSSR count). The maximum Gasteiger partial charge on any atom is 0.0603 e. The SMILES string of the molecule is CCC(C)N(CC)c1ccc(Br)cc1N. The smallest absolute Gasteiger partial charge is 0.0603 e. The lowest BCUT2D eigenvalue weighted by Gasteiger charge is -2.30. The summed E-state index contributed by atoms with van der Waals surface area (Å²) in [6.07, 6.45) is 1.13. The minimum Gasteiger partial charge on any atom is -0.397 e. The average Bonchev–Trinajstić information content (AvgIpc) is 2.21. The van der Waals surface area contributed by atoms with Crippen LogP contribution in [0, 0.1) is 0 Å². The lowest BCUT2D eigenvalue weighted by Crippen LogP contribution is -2.32. The van der Waals surface area contributed by atoms with Crippen LogP contribution in [-0.2, 0) is 0 Å². The maximum atomic E-state index is 6.02. The van der Waals surface area contributed by atoms with Gasteiger partial charge in [-0.1, -0.05) is 22.9 Å². The molecule has 0 saturated heterocycles. The zero-order valence-electron chi connectivity index (χ0n) is 9.63. The number of nitrogen functional groups attached to an aromatic ring is 1. The van der Waals surface area contributed by atoms with E-state index in [-0.39, 0.29) is 0 Å². The molecule has 0 bridgehead atoms. The van der Waals surface area contributed by atoms with Crippen molar-refractivity contribution in [2.24, 2.45) is 0 Å². The first kappa shape index (κ1) is 12.4. The molecular weight excluding hydrogens is 252 g/mol. The molecule has 2 nitrogen and oxygen atoms in total. The van der Waals surface area contributed by atoms with Gasteiger partial charge in [0.2, 0.25) is 0 Å². The van der Waals surface area contributed by atoms with E-state index in [0.717, 1.165) is 28.8 Å². The summed E-state index contributed by atoms with van der Waals surface area (Å²) < 4.78 is 1.03. The van der Waals surface area contributed by atoms with Crippen LogP contribution in [0.5, 0.6) is 0 Å². The lowest BCUT2D eigenvalue weighted by atomic mass is 10.1. The van der Waals surface area contributed by atoms with Crippen LogP contribution in [0.4, 0.5) is 11.4 Å². The number of halogens is 1. The van der Waals surface area contributed by atoms with Crippen LogP contribution in [0.15, 0.2) is 22.7 Å². The lowest BCUT2D eigenvalue weighted by molar-refractivity contribution is 0.631. The topological polar surface area (TPSA) is 29.3 Å². The molecule has 0 spiro atoms. The highest BCUT2D eigenvalue weighted by Crippen LogP contribution is 2.28. The molecule has 0 aromatic heterocycles. The van der Waals surface area contributed by atoms with Crippen molar-refractivity contribution < 1.29 is 0 Å². The van der Waals surface area contributed by atoms with Crippen LogP contribution in [0.2, 0.25) is 0 Å². The Bertz CT molecular complexity index is 325. The van der Waals surface area contributed by atoms with Gasteiger partial charge >= 0.3 is 0 Å². The Morgan fingerprint density at radius 2 is 2.07 bits per heavy atom. The average molecular weight is 271 g/mol. The third-order valence-corrected chi connectivity index (χ3v) is 3.26. The van der Waals surface area contributed by atoms with E-state index >= 15 is 0 Å². The summed E-state index contributed by atoms with van der Waals surface area (Å²) in [5, 5.41) is 0. The summed E-state index contributed by atoms with van der Waals surface area (Å²) in [5.41, 5.74) is 7.99. The van der Waals surface area contributed by atoms with Gasteiger partial charge in [-0.15, -0.1) is 0 Å². The predicted octanol–water partition coefficient (Wildman–Crippen LogP) is 3.66. The van der Waals surface area contributed by atoms with Gasteiger partial charge in [0.05, 0.1) is 11.4 Å². The monoisotopic (exact) mass is 270 g/mol. The zero-order valence-corrected chi connectivity index (χ0v) is 11.2. The molecule has 2 N–H and O–H groups in total. The molecule has 15 heavy (non-hydrogen) atoms. The zero-order chi connectivity index (χ0) is 11.4. The number of benzene rings is 1. The van der Waals surface area contributed by atoms with E-state index in [1.54, 1.807) is 0 Å². The van der Waals surface area contributed by atoms with Crippen molar-refractivity contribution in [2.45, 2.75) is 33.2 Å². The van der Waals surface area contributed by atoms with E-state index in [1.807, 2.05) is 12.1 Å². The fourth-order valence-electron chi connectivity index (χ4n) is 1.73. The van der Waals surface area contributed by atoms with E-state index in [2.05, 4.69) is 47.7 Å². The van der Waals surface area contributed by atoms with Crippen LogP contribution in [0.1, 0.15) is 27.2 Å². The molecule has 0 saturated carbocycles. The second kappa shape index (κ2) is 5.40. The molecule has 3 heteroatoms. The summed E-state index contributed by atoms with van der Waals surface area (Å²) in [6.45, 7) is 7.57. The van der Waals surface area contributed by atoms with Gasteiger partial charge in [0, 0.05) is 17.1 Å². The quantitative estimate of drug-likeness (QED) is 0.847. The molecule has 0 aliphatic heterocycles. The van der Waals surface area contributed by atoms with Crippen molar-refractivity contribution in [1.82, 2.24) is 0 Å². The number of hydrogen-bond donors (Lipinski definition) is 1. The predicted molar refractivity (Wildman–Crippen MR) is 71.3 cm³/mol. The van der Waals surface area contributed by atoms with E-state index in [9.17, 15) is 0 Å². The van der Waals surface area contributed by atoms with Gasteiger partial charge in [0.1, 0.15) is 0 Å². The molecule has 0 aliphatic carbocycles. The molecular formula is C12H19BrN2. The van der Waals surface area contributed by atoms with Gasteiger partial charge in [-0.2, -0.15) is 0 Å². The van der Waals surface area contributed by atoms with Crippen LogP contribution < -0.4 is 10.6 Å². The normalized spacial score (nSPS) is 12.5. The number of hydrogen-bond acceptors (Lipinski definition) is 2. The Morgan fingerprint density at radius 3 is 2.53 bits per heavy atom. The standard InChI is InChI=1S/C12H19BrN2/c1-4-9(3)15(5-2)12-7-6-10(13)8-11(12)14/h6-9H,4-5,14H2,1-3H3. The fraction of sp³-hybridized carbons (Fsp3) is 0.500. The molecule has 0 radical (unpaired) electrons. The van der Waals surface area contributed by atoms with Gasteiger partial charge in [-0.3, -0.25) is 0 Å². The Morgan fingerprint density at radius 1 is 1.40 bits per heavy atom. The maximum absolute atomic E-state index is 6.02.